The van der Waals surface area contributed by atoms with E-state index in [1.165, 1.54) is 0 Å². The number of benzene rings is 2. The molecule has 2 aromatic carbocycles. The third kappa shape index (κ3) is 3.84. The molecule has 0 spiro atoms. The van der Waals surface area contributed by atoms with Gasteiger partial charge < -0.3 is 14.3 Å². The van der Waals surface area contributed by atoms with Crippen LogP contribution in [0.25, 0.3) is 21.9 Å². The van der Waals surface area contributed by atoms with Crippen LogP contribution in [-0.2, 0) is 17.6 Å². The highest BCUT2D eigenvalue weighted by Gasteiger charge is 2.10. The largest absolute Gasteiger partial charge is 0.456 e. The molecule has 138 valence electrons. The van der Waals surface area contributed by atoms with Gasteiger partial charge in [0, 0.05) is 41.8 Å². The fourth-order valence-electron chi connectivity index (χ4n) is 3.14. The van der Waals surface area contributed by atoms with Crippen LogP contribution in [0.3, 0.4) is 0 Å². The monoisotopic (exact) mass is 363 g/mol. The van der Waals surface area contributed by atoms with Crippen molar-refractivity contribution in [1.82, 2.24) is 10.1 Å². The normalized spacial score (nSPS) is 11.3. The molecule has 0 atom stereocenters. The van der Waals surface area contributed by atoms with Crippen LogP contribution in [0.2, 0.25) is 0 Å². The van der Waals surface area contributed by atoms with Gasteiger partial charge in [0.2, 0.25) is 11.8 Å². The SMILES string of the molecule is CCCc1noc(CCCC(=O)Nc2ccc3c(c2)oc2ccccc23)n1. The molecule has 0 aliphatic heterocycles. The van der Waals surface area contributed by atoms with E-state index in [0.717, 1.165) is 46.3 Å². The van der Waals surface area contributed by atoms with Crippen molar-refractivity contribution in [2.75, 3.05) is 5.32 Å². The maximum atomic E-state index is 12.2. The number of nitrogens with zero attached hydrogens (tertiary/aromatic N) is 2. The van der Waals surface area contributed by atoms with Crippen molar-refractivity contribution < 1.29 is 13.7 Å². The van der Waals surface area contributed by atoms with Crippen LogP contribution in [0.15, 0.2) is 51.4 Å². The van der Waals surface area contributed by atoms with Crippen LogP contribution in [0.1, 0.15) is 37.9 Å². The molecule has 0 aliphatic carbocycles. The van der Waals surface area contributed by atoms with Crippen molar-refractivity contribution in [3.8, 4) is 0 Å². The molecule has 0 saturated heterocycles. The molecular weight excluding hydrogens is 342 g/mol. The molecule has 4 aromatic rings. The summed E-state index contributed by atoms with van der Waals surface area (Å²) in [5, 5.41) is 8.97. The number of rotatable bonds is 7. The molecule has 2 aromatic heterocycles. The smallest absolute Gasteiger partial charge is 0.226 e. The zero-order valence-electron chi connectivity index (χ0n) is 15.2. The van der Waals surface area contributed by atoms with Crippen LogP contribution < -0.4 is 5.32 Å². The molecule has 0 saturated carbocycles. The predicted molar refractivity (Wildman–Crippen MR) is 104 cm³/mol. The van der Waals surface area contributed by atoms with E-state index in [-0.39, 0.29) is 5.91 Å². The van der Waals surface area contributed by atoms with E-state index in [9.17, 15) is 4.79 Å². The number of fused-ring (bicyclic) bond motifs is 3. The lowest BCUT2D eigenvalue weighted by atomic mass is 10.1. The van der Waals surface area contributed by atoms with Gasteiger partial charge in [0.25, 0.3) is 0 Å². The zero-order chi connectivity index (χ0) is 18.6. The number of amides is 1. The third-order valence-electron chi connectivity index (χ3n) is 4.44. The molecular formula is C21H21N3O3. The Kier molecular flexibility index (Phi) is 4.87. The Bertz CT molecular complexity index is 1080. The number of carbonyl (C=O) groups is 1. The van der Waals surface area contributed by atoms with Gasteiger partial charge in [-0.3, -0.25) is 4.79 Å². The number of aromatic nitrogens is 2. The Labute approximate surface area is 156 Å². The van der Waals surface area contributed by atoms with Crippen LogP contribution >= 0.6 is 0 Å². The van der Waals surface area contributed by atoms with Crippen LogP contribution in [-0.4, -0.2) is 16.0 Å². The zero-order valence-corrected chi connectivity index (χ0v) is 15.2. The number of para-hydroxylation sites is 1. The van der Waals surface area contributed by atoms with Crippen LogP contribution in [0.4, 0.5) is 5.69 Å². The lowest BCUT2D eigenvalue weighted by Gasteiger charge is -2.04. The minimum absolute atomic E-state index is 0.0428. The summed E-state index contributed by atoms with van der Waals surface area (Å²) in [5.74, 6) is 1.28. The molecule has 27 heavy (non-hydrogen) atoms. The van der Waals surface area contributed by atoms with E-state index in [2.05, 4.69) is 22.4 Å². The minimum Gasteiger partial charge on any atom is -0.456 e. The number of carbonyl (C=O) groups excluding carboxylic acids is 1. The van der Waals surface area contributed by atoms with Crippen molar-refractivity contribution >= 4 is 33.5 Å². The van der Waals surface area contributed by atoms with Crippen molar-refractivity contribution in [2.24, 2.45) is 0 Å². The Morgan fingerprint density at radius 1 is 1.07 bits per heavy atom. The molecule has 0 fully saturated rings. The molecule has 4 rings (SSSR count). The van der Waals surface area contributed by atoms with Crippen molar-refractivity contribution in [1.29, 1.82) is 0 Å². The Balaban J connectivity index is 1.35. The molecule has 6 heteroatoms. The van der Waals surface area contributed by atoms with Gasteiger partial charge in [-0.15, -0.1) is 0 Å². The topological polar surface area (TPSA) is 81.2 Å². The number of hydrogen-bond donors (Lipinski definition) is 1. The molecule has 0 aliphatic rings. The van der Waals surface area contributed by atoms with Gasteiger partial charge >= 0.3 is 0 Å². The summed E-state index contributed by atoms with van der Waals surface area (Å²) in [5.41, 5.74) is 2.34. The molecule has 0 bridgehead atoms. The van der Waals surface area contributed by atoms with Crippen molar-refractivity contribution in [3.63, 3.8) is 0 Å². The summed E-state index contributed by atoms with van der Waals surface area (Å²) in [4.78, 5) is 16.5. The fourth-order valence-corrected chi connectivity index (χ4v) is 3.14. The highest BCUT2D eigenvalue weighted by molar-refractivity contribution is 6.06. The van der Waals surface area contributed by atoms with Crippen molar-refractivity contribution in [2.45, 2.75) is 39.0 Å². The quantitative estimate of drug-likeness (QED) is 0.506. The van der Waals surface area contributed by atoms with Gasteiger partial charge in [-0.25, -0.2) is 0 Å². The van der Waals surface area contributed by atoms with Crippen LogP contribution in [0, 0.1) is 0 Å². The van der Waals surface area contributed by atoms with Crippen LogP contribution in [0.5, 0.6) is 0 Å². The summed E-state index contributed by atoms with van der Waals surface area (Å²) in [6.45, 7) is 2.07. The maximum Gasteiger partial charge on any atom is 0.226 e. The number of hydrogen-bond acceptors (Lipinski definition) is 5. The first-order valence-corrected chi connectivity index (χ1v) is 9.25. The first-order valence-electron chi connectivity index (χ1n) is 9.25. The van der Waals surface area contributed by atoms with E-state index < -0.39 is 0 Å². The second-order valence-electron chi connectivity index (χ2n) is 6.57. The van der Waals surface area contributed by atoms with Gasteiger partial charge in [0.15, 0.2) is 5.82 Å². The highest BCUT2D eigenvalue weighted by atomic mass is 16.5. The first kappa shape index (κ1) is 17.3. The average Bonchev–Trinajstić information content (AvgIpc) is 3.25. The summed E-state index contributed by atoms with van der Waals surface area (Å²) in [7, 11) is 0. The highest BCUT2D eigenvalue weighted by Crippen LogP contribution is 2.30. The fraction of sp³-hybridized carbons (Fsp3) is 0.286. The molecule has 2 heterocycles. The van der Waals surface area contributed by atoms with E-state index in [4.69, 9.17) is 8.94 Å². The lowest BCUT2D eigenvalue weighted by molar-refractivity contribution is -0.116. The van der Waals surface area contributed by atoms with E-state index >= 15 is 0 Å². The summed E-state index contributed by atoms with van der Waals surface area (Å²) < 4.78 is 11.0. The molecule has 1 amide bonds. The summed E-state index contributed by atoms with van der Waals surface area (Å²) in [6, 6.07) is 13.6. The van der Waals surface area contributed by atoms with E-state index in [1.807, 2.05) is 42.5 Å². The second-order valence-corrected chi connectivity index (χ2v) is 6.57. The predicted octanol–water partition coefficient (Wildman–Crippen LogP) is 4.88. The molecule has 1 N–H and O–H groups in total. The lowest BCUT2D eigenvalue weighted by Crippen LogP contribution is -2.11. The number of furan rings is 1. The third-order valence-corrected chi connectivity index (χ3v) is 4.44. The van der Waals surface area contributed by atoms with Gasteiger partial charge in [-0.05, 0) is 31.0 Å². The second kappa shape index (κ2) is 7.61. The first-order chi connectivity index (χ1) is 13.2. The standard InChI is InChI=1S/C21H21N3O3/c1-2-6-19-23-21(27-24-19)10-5-9-20(25)22-14-11-12-16-15-7-3-4-8-17(15)26-18(16)13-14/h3-4,7-8,11-13H,2,5-6,9-10H2,1H3,(H,22,25). The van der Waals surface area contributed by atoms with Crippen molar-refractivity contribution in [3.05, 3.63) is 54.2 Å². The molecule has 6 nitrogen and oxygen atoms in total. The summed E-state index contributed by atoms with van der Waals surface area (Å²) >= 11 is 0. The Morgan fingerprint density at radius 2 is 1.93 bits per heavy atom. The average molecular weight is 363 g/mol. The molecule has 0 radical (unpaired) electrons. The minimum atomic E-state index is -0.0428. The number of aryl methyl sites for hydroxylation is 2. The van der Waals surface area contributed by atoms with E-state index in [0.29, 0.717) is 25.2 Å². The van der Waals surface area contributed by atoms with Gasteiger partial charge in [0.05, 0.1) is 0 Å². The number of anilines is 1. The van der Waals surface area contributed by atoms with Gasteiger partial charge in [-0.1, -0.05) is 30.3 Å². The molecule has 0 unspecified atom stereocenters. The Morgan fingerprint density at radius 3 is 2.81 bits per heavy atom. The van der Waals surface area contributed by atoms with E-state index in [1.54, 1.807) is 0 Å². The number of nitrogens with one attached hydrogen (secondary N) is 1. The van der Waals surface area contributed by atoms with Gasteiger partial charge in [-0.2, -0.15) is 4.98 Å². The summed E-state index contributed by atoms with van der Waals surface area (Å²) in [6.07, 6.45) is 3.45. The Hall–Kier alpha value is -3.15. The maximum absolute atomic E-state index is 12.2. The van der Waals surface area contributed by atoms with Gasteiger partial charge in [0.1, 0.15) is 11.2 Å².